The van der Waals surface area contributed by atoms with Gasteiger partial charge in [0.25, 0.3) is 5.91 Å². The molecule has 3 heterocycles. The van der Waals surface area contributed by atoms with Gasteiger partial charge in [-0.1, -0.05) is 6.07 Å². The number of nitrogens with zero attached hydrogens (tertiary/aromatic N) is 2. The number of hydrogen-bond acceptors (Lipinski definition) is 7. The van der Waals surface area contributed by atoms with Gasteiger partial charge < -0.3 is 25.2 Å². The van der Waals surface area contributed by atoms with Crippen molar-refractivity contribution in [3.63, 3.8) is 0 Å². The fourth-order valence-corrected chi connectivity index (χ4v) is 5.28. The average molecular weight is 625 g/mol. The fourth-order valence-electron chi connectivity index (χ4n) is 5.28. The van der Waals surface area contributed by atoms with E-state index in [0.29, 0.717) is 16.7 Å². The first kappa shape index (κ1) is 30.3. The molecule has 2 aromatic heterocycles. The number of halogens is 4. The van der Waals surface area contributed by atoms with E-state index in [4.69, 9.17) is 9.47 Å². The molecule has 1 fully saturated rings. The summed E-state index contributed by atoms with van der Waals surface area (Å²) in [5.41, 5.74) is -5.06. The van der Waals surface area contributed by atoms with E-state index in [9.17, 15) is 32.3 Å². The van der Waals surface area contributed by atoms with Crippen molar-refractivity contribution in [1.82, 2.24) is 20.6 Å². The van der Waals surface area contributed by atoms with Crippen LogP contribution in [0, 0.1) is 5.82 Å². The minimum atomic E-state index is -5.32. The molecule has 45 heavy (non-hydrogen) atoms. The van der Waals surface area contributed by atoms with Crippen molar-refractivity contribution in [2.24, 2.45) is 0 Å². The molecule has 1 aliphatic heterocycles. The largest absolute Gasteiger partial charge is 0.488 e. The van der Waals surface area contributed by atoms with Gasteiger partial charge in [-0.05, 0) is 68.3 Å². The van der Waals surface area contributed by atoms with E-state index >= 15 is 0 Å². The van der Waals surface area contributed by atoms with Gasteiger partial charge in [0.1, 0.15) is 34.9 Å². The molecule has 13 heteroatoms. The third-order valence-corrected chi connectivity index (χ3v) is 7.79. The highest BCUT2D eigenvalue weighted by molar-refractivity contribution is 6.00. The zero-order chi connectivity index (χ0) is 32.1. The van der Waals surface area contributed by atoms with Crippen LogP contribution in [0.3, 0.4) is 0 Å². The Labute approximate surface area is 254 Å². The number of pyridine rings is 2. The minimum absolute atomic E-state index is 0.0104. The van der Waals surface area contributed by atoms with Crippen LogP contribution >= 0.6 is 0 Å². The molecule has 0 bridgehead atoms. The Balaban J connectivity index is 1.40. The minimum Gasteiger partial charge on any atom is -0.488 e. The van der Waals surface area contributed by atoms with E-state index in [1.165, 1.54) is 31.2 Å². The second kappa shape index (κ2) is 11.0. The molecule has 234 valence electrons. The molecule has 0 radical (unpaired) electrons. The van der Waals surface area contributed by atoms with E-state index in [1.807, 2.05) is 0 Å². The highest BCUT2D eigenvalue weighted by Crippen LogP contribution is 2.47. The molecule has 0 unspecified atom stereocenters. The van der Waals surface area contributed by atoms with Crippen molar-refractivity contribution in [3.05, 3.63) is 83.4 Å². The summed E-state index contributed by atoms with van der Waals surface area (Å²) in [4.78, 5) is 33.8. The molecular weight excluding hydrogens is 596 g/mol. The van der Waals surface area contributed by atoms with Crippen LogP contribution in [-0.2, 0) is 15.9 Å². The lowest BCUT2D eigenvalue weighted by Crippen LogP contribution is -2.52. The van der Waals surface area contributed by atoms with Crippen LogP contribution in [0.4, 0.5) is 17.6 Å². The van der Waals surface area contributed by atoms with Crippen LogP contribution in [0.15, 0.2) is 60.8 Å². The molecule has 2 aliphatic rings. The smallest absolute Gasteiger partial charge is 0.424 e. The number of carbonyl (C=O) groups is 2. The second-order valence-corrected chi connectivity index (χ2v) is 11.4. The number of rotatable bonds is 8. The van der Waals surface area contributed by atoms with Gasteiger partial charge in [-0.25, -0.2) is 9.37 Å². The van der Waals surface area contributed by atoms with E-state index < -0.39 is 47.2 Å². The molecule has 2 amide bonds. The average Bonchev–Trinajstić information content (AvgIpc) is 3.75. The van der Waals surface area contributed by atoms with Crippen LogP contribution in [0.5, 0.6) is 11.5 Å². The van der Waals surface area contributed by atoms with E-state index in [-0.39, 0.29) is 40.8 Å². The maximum Gasteiger partial charge on any atom is 0.424 e. The van der Waals surface area contributed by atoms with Crippen LogP contribution in [0.1, 0.15) is 48.3 Å². The molecule has 6 rings (SSSR count). The Kier molecular flexibility index (Phi) is 7.39. The maximum absolute atomic E-state index is 14.8. The molecule has 1 saturated carbocycles. The number of aromatic nitrogens is 2. The number of carbonyl (C=O) groups excluding carboxylic acids is 2. The van der Waals surface area contributed by atoms with Crippen LogP contribution in [-0.4, -0.2) is 52.3 Å². The van der Waals surface area contributed by atoms with Gasteiger partial charge in [0.05, 0.1) is 18.3 Å². The lowest BCUT2D eigenvalue weighted by Gasteiger charge is -2.32. The SMILES string of the molecule is CC(=O)N[C@@]1(C)COc2c1cc([C@@](O)(CNC(=O)c1cc(OC3CC3)c3ncccc3c1)C(F)(F)F)nc2-c1ccc(F)cc1. The van der Waals surface area contributed by atoms with Gasteiger partial charge in [0, 0.05) is 35.2 Å². The number of hydrogen-bond donors (Lipinski definition) is 3. The Bertz CT molecular complexity index is 1810. The quantitative estimate of drug-likeness (QED) is 0.239. The summed E-state index contributed by atoms with van der Waals surface area (Å²) < 4.78 is 69.8. The van der Waals surface area contributed by atoms with Crippen molar-refractivity contribution in [1.29, 1.82) is 0 Å². The number of alkyl halides is 3. The van der Waals surface area contributed by atoms with Gasteiger partial charge in [0.15, 0.2) is 5.75 Å². The molecule has 0 saturated heterocycles. The number of amides is 2. The number of aliphatic hydroxyl groups is 1. The summed E-state index contributed by atoms with van der Waals surface area (Å²) in [6, 6.07) is 12.1. The van der Waals surface area contributed by atoms with E-state index in [1.54, 1.807) is 25.3 Å². The summed E-state index contributed by atoms with van der Waals surface area (Å²) >= 11 is 0. The summed E-state index contributed by atoms with van der Waals surface area (Å²) in [6.45, 7) is 1.37. The Morgan fingerprint density at radius 1 is 1.13 bits per heavy atom. The van der Waals surface area contributed by atoms with Crippen molar-refractivity contribution in [3.8, 4) is 22.8 Å². The molecular formula is C32H28F4N4O5. The highest BCUT2D eigenvalue weighted by atomic mass is 19.4. The molecule has 1 aliphatic carbocycles. The van der Waals surface area contributed by atoms with Gasteiger partial charge in [-0.3, -0.25) is 14.6 Å². The monoisotopic (exact) mass is 624 g/mol. The van der Waals surface area contributed by atoms with Crippen LogP contribution in [0.2, 0.25) is 0 Å². The van der Waals surface area contributed by atoms with Crippen molar-refractivity contribution < 1.29 is 41.7 Å². The molecule has 3 N–H and O–H groups in total. The Morgan fingerprint density at radius 2 is 1.87 bits per heavy atom. The number of ether oxygens (including phenoxy) is 2. The van der Waals surface area contributed by atoms with E-state index in [0.717, 1.165) is 31.0 Å². The highest BCUT2D eigenvalue weighted by Gasteiger charge is 2.57. The van der Waals surface area contributed by atoms with Crippen molar-refractivity contribution in [2.45, 2.75) is 50.1 Å². The summed E-state index contributed by atoms with van der Waals surface area (Å²) in [5, 5.41) is 16.8. The summed E-state index contributed by atoms with van der Waals surface area (Å²) in [7, 11) is 0. The van der Waals surface area contributed by atoms with Gasteiger partial charge in [-0.2, -0.15) is 13.2 Å². The lowest BCUT2D eigenvalue weighted by molar-refractivity contribution is -0.265. The van der Waals surface area contributed by atoms with Gasteiger partial charge in [-0.15, -0.1) is 0 Å². The zero-order valence-electron chi connectivity index (χ0n) is 24.2. The standard InChI is InChI=1S/C32H28F4N4O5/c1-17(41)40-30(2)16-44-28-23(30)14-25(39-27(28)18-5-7-21(33)8-6-18)31(43,32(34,35)36)15-38-29(42)20-12-19-4-3-11-37-26(19)24(13-20)45-22-9-10-22/h3-8,11-14,22,43H,9-10,15-16H2,1-2H3,(H,38,42)(H,40,41)/t30-,31-/m0/s1. The molecule has 9 nitrogen and oxygen atoms in total. The third kappa shape index (κ3) is 5.75. The normalized spacial score (nSPS) is 18.9. The Hall–Kier alpha value is -4.78. The van der Waals surface area contributed by atoms with Crippen LogP contribution < -0.4 is 20.1 Å². The number of nitrogens with one attached hydrogen (secondary N) is 2. The van der Waals surface area contributed by atoms with Crippen LogP contribution in [0.25, 0.3) is 22.2 Å². The first-order chi connectivity index (χ1) is 21.3. The predicted octanol–water partition coefficient (Wildman–Crippen LogP) is 4.90. The zero-order valence-corrected chi connectivity index (χ0v) is 24.2. The first-order valence-corrected chi connectivity index (χ1v) is 14.1. The fraction of sp³-hybridized carbons (Fsp3) is 0.312. The van der Waals surface area contributed by atoms with Crippen molar-refractivity contribution >= 4 is 22.7 Å². The van der Waals surface area contributed by atoms with E-state index in [2.05, 4.69) is 20.6 Å². The van der Waals surface area contributed by atoms with Crippen molar-refractivity contribution in [2.75, 3.05) is 13.2 Å². The third-order valence-electron chi connectivity index (χ3n) is 7.79. The predicted molar refractivity (Wildman–Crippen MR) is 154 cm³/mol. The van der Waals surface area contributed by atoms with Gasteiger partial charge >= 0.3 is 6.18 Å². The second-order valence-electron chi connectivity index (χ2n) is 11.4. The molecule has 0 spiro atoms. The topological polar surface area (TPSA) is 123 Å². The lowest BCUT2D eigenvalue weighted by atomic mass is 9.88. The maximum atomic E-state index is 14.8. The molecule has 2 atom stereocenters. The summed E-state index contributed by atoms with van der Waals surface area (Å²) in [6.07, 6.45) is -2.11. The molecule has 2 aromatic carbocycles. The molecule has 4 aromatic rings. The first-order valence-electron chi connectivity index (χ1n) is 14.1. The number of fused-ring (bicyclic) bond motifs is 2. The number of benzene rings is 2. The summed E-state index contributed by atoms with van der Waals surface area (Å²) in [5.74, 6) is -1.54. The Morgan fingerprint density at radius 3 is 2.53 bits per heavy atom. The van der Waals surface area contributed by atoms with Gasteiger partial charge in [0.2, 0.25) is 11.5 Å².